The average Bonchev–Trinajstić information content (AvgIpc) is 2.75. The summed E-state index contributed by atoms with van der Waals surface area (Å²) in [6.45, 7) is 2.15. The van der Waals surface area contributed by atoms with Crippen LogP contribution in [0.4, 0.5) is 17.6 Å². The highest BCUT2D eigenvalue weighted by atomic mass is 32.2. The summed E-state index contributed by atoms with van der Waals surface area (Å²) in [5, 5.41) is 9.75. The molecule has 1 fully saturated rings. The second-order valence-electron chi connectivity index (χ2n) is 8.05. The van der Waals surface area contributed by atoms with E-state index in [2.05, 4.69) is 6.92 Å². The molecule has 0 atom stereocenters. The van der Waals surface area contributed by atoms with Gasteiger partial charge in [-0.25, -0.2) is 13.6 Å². The number of hydrogen-bond acceptors (Lipinski definition) is 2. The molecule has 31 heavy (non-hydrogen) atoms. The fraction of sp³-hybridized carbons (Fsp3) is 0.458. The van der Waals surface area contributed by atoms with Crippen molar-refractivity contribution < 1.29 is 27.5 Å². The van der Waals surface area contributed by atoms with E-state index >= 15 is 0 Å². The number of benzene rings is 2. The molecule has 168 valence electrons. The topological polar surface area (TPSA) is 37.3 Å². The van der Waals surface area contributed by atoms with Crippen LogP contribution in [0.2, 0.25) is 0 Å². The second kappa shape index (κ2) is 10.5. The first kappa shape index (κ1) is 23.6. The van der Waals surface area contributed by atoms with Gasteiger partial charge >= 0.3 is 5.97 Å². The van der Waals surface area contributed by atoms with Crippen LogP contribution in [0.3, 0.4) is 0 Å². The maximum atomic E-state index is 14.9. The molecular weight excluding hydrogens is 428 g/mol. The Bertz CT molecular complexity index is 924. The van der Waals surface area contributed by atoms with Crippen molar-refractivity contribution in [2.75, 3.05) is 0 Å². The number of aromatic carboxylic acids is 1. The molecule has 0 bridgehead atoms. The molecule has 0 spiro atoms. The quantitative estimate of drug-likeness (QED) is 0.323. The summed E-state index contributed by atoms with van der Waals surface area (Å²) in [5.74, 6) is -6.01. The molecule has 1 aliphatic rings. The molecule has 1 aliphatic carbocycles. The standard InChI is InChI=1S/C24H26F4O2S/c1-2-3-5-14-8-10-15(11-9-14)20-16(6-4-7-18(20)23(29)30)17-12-13-19(31-24(27)28)22(26)21(17)25/h4,6-7,12-15,24H,2-3,5,8-11H2,1H3,(H,29,30). The number of carboxylic acid groups (broad SMARTS) is 1. The molecule has 2 aromatic rings. The number of carboxylic acids is 1. The van der Waals surface area contributed by atoms with Crippen LogP contribution >= 0.6 is 11.8 Å². The highest BCUT2D eigenvalue weighted by Crippen LogP contribution is 2.44. The number of unbranched alkanes of at least 4 members (excludes halogenated alkanes) is 1. The monoisotopic (exact) mass is 454 g/mol. The molecule has 2 aromatic carbocycles. The van der Waals surface area contributed by atoms with Crippen molar-refractivity contribution in [1.82, 2.24) is 0 Å². The van der Waals surface area contributed by atoms with E-state index in [0.717, 1.165) is 44.6 Å². The lowest BCUT2D eigenvalue weighted by atomic mass is 9.74. The summed E-state index contributed by atoms with van der Waals surface area (Å²) < 4.78 is 54.6. The zero-order valence-corrected chi connectivity index (χ0v) is 18.2. The van der Waals surface area contributed by atoms with Crippen molar-refractivity contribution in [2.45, 2.75) is 68.4 Å². The summed E-state index contributed by atoms with van der Waals surface area (Å²) in [6.07, 6.45) is 6.97. The van der Waals surface area contributed by atoms with Gasteiger partial charge in [-0.15, -0.1) is 0 Å². The Kier molecular flexibility index (Phi) is 8.03. The van der Waals surface area contributed by atoms with Crippen LogP contribution in [-0.2, 0) is 0 Å². The summed E-state index contributed by atoms with van der Waals surface area (Å²) in [6, 6.07) is 6.97. The molecule has 0 unspecified atom stereocenters. The van der Waals surface area contributed by atoms with Gasteiger partial charge < -0.3 is 5.11 Å². The zero-order chi connectivity index (χ0) is 22.5. The van der Waals surface area contributed by atoms with Crippen molar-refractivity contribution in [3.63, 3.8) is 0 Å². The lowest BCUT2D eigenvalue weighted by molar-refractivity contribution is 0.0694. The molecule has 0 amide bonds. The number of hydrogen-bond donors (Lipinski definition) is 1. The molecule has 0 radical (unpaired) electrons. The Morgan fingerprint density at radius 3 is 2.39 bits per heavy atom. The third kappa shape index (κ3) is 5.43. The molecule has 2 nitrogen and oxygen atoms in total. The van der Waals surface area contributed by atoms with E-state index in [9.17, 15) is 27.5 Å². The van der Waals surface area contributed by atoms with Gasteiger partial charge in [0, 0.05) is 5.56 Å². The number of thioether (sulfide) groups is 1. The van der Waals surface area contributed by atoms with Crippen molar-refractivity contribution in [3.8, 4) is 11.1 Å². The number of rotatable bonds is 8. The van der Waals surface area contributed by atoms with Gasteiger partial charge in [0.05, 0.1) is 10.5 Å². The third-order valence-corrected chi connectivity index (χ3v) is 6.86. The van der Waals surface area contributed by atoms with Crippen LogP contribution in [0, 0.1) is 17.6 Å². The van der Waals surface area contributed by atoms with Crippen LogP contribution in [0.1, 0.15) is 73.7 Å². The first-order chi connectivity index (χ1) is 14.8. The smallest absolute Gasteiger partial charge is 0.335 e. The van der Waals surface area contributed by atoms with E-state index in [4.69, 9.17) is 0 Å². The van der Waals surface area contributed by atoms with Crippen molar-refractivity contribution >= 4 is 17.7 Å². The Morgan fingerprint density at radius 2 is 1.77 bits per heavy atom. The predicted octanol–water partition coefficient (Wildman–Crippen LogP) is 8.11. The van der Waals surface area contributed by atoms with Crippen LogP contribution in [-0.4, -0.2) is 16.8 Å². The predicted molar refractivity (Wildman–Crippen MR) is 115 cm³/mol. The zero-order valence-electron chi connectivity index (χ0n) is 17.3. The molecule has 1 N–H and O–H groups in total. The minimum absolute atomic E-state index is 0.0524. The molecule has 7 heteroatoms. The normalized spacial score (nSPS) is 19.0. The fourth-order valence-electron chi connectivity index (χ4n) is 4.59. The van der Waals surface area contributed by atoms with E-state index < -0.39 is 28.3 Å². The highest BCUT2D eigenvalue weighted by molar-refractivity contribution is 7.99. The Hall–Kier alpha value is -2.02. The van der Waals surface area contributed by atoms with E-state index in [0.29, 0.717) is 17.0 Å². The highest BCUT2D eigenvalue weighted by Gasteiger charge is 2.29. The van der Waals surface area contributed by atoms with Crippen LogP contribution in [0.5, 0.6) is 0 Å². The van der Waals surface area contributed by atoms with Crippen LogP contribution in [0.25, 0.3) is 11.1 Å². The van der Waals surface area contributed by atoms with E-state index in [1.807, 2.05) is 0 Å². The summed E-state index contributed by atoms with van der Waals surface area (Å²) >= 11 is -0.0524. The maximum absolute atomic E-state index is 14.9. The van der Waals surface area contributed by atoms with Gasteiger partial charge in [-0.1, -0.05) is 56.1 Å². The van der Waals surface area contributed by atoms with Gasteiger partial charge in [0.2, 0.25) is 0 Å². The van der Waals surface area contributed by atoms with Gasteiger partial charge in [0.25, 0.3) is 5.76 Å². The Labute approximate surface area is 184 Å². The van der Waals surface area contributed by atoms with Gasteiger partial charge in [-0.05, 0) is 60.8 Å². The molecule has 1 saturated carbocycles. The van der Waals surface area contributed by atoms with Gasteiger partial charge in [0.1, 0.15) is 0 Å². The van der Waals surface area contributed by atoms with Crippen molar-refractivity contribution in [1.29, 1.82) is 0 Å². The lowest BCUT2D eigenvalue weighted by Gasteiger charge is -2.31. The molecule has 0 saturated heterocycles. The first-order valence-electron chi connectivity index (χ1n) is 10.6. The summed E-state index contributed by atoms with van der Waals surface area (Å²) in [4.78, 5) is 11.5. The number of carbonyl (C=O) groups is 1. The first-order valence-corrected chi connectivity index (χ1v) is 11.5. The van der Waals surface area contributed by atoms with Crippen molar-refractivity contribution in [3.05, 3.63) is 53.1 Å². The number of halogens is 4. The lowest BCUT2D eigenvalue weighted by Crippen LogP contribution is -2.17. The maximum Gasteiger partial charge on any atom is 0.335 e. The molecule has 0 aromatic heterocycles. The Balaban J connectivity index is 2.00. The molecule has 0 heterocycles. The molecule has 0 aliphatic heterocycles. The van der Waals surface area contributed by atoms with Crippen LogP contribution < -0.4 is 0 Å². The minimum atomic E-state index is -2.87. The van der Waals surface area contributed by atoms with E-state index in [1.54, 1.807) is 6.07 Å². The van der Waals surface area contributed by atoms with Gasteiger partial charge in [-0.2, -0.15) is 8.78 Å². The third-order valence-electron chi connectivity index (χ3n) is 6.11. The van der Waals surface area contributed by atoms with Crippen molar-refractivity contribution in [2.24, 2.45) is 5.92 Å². The van der Waals surface area contributed by atoms with E-state index in [-0.39, 0.29) is 28.8 Å². The fourth-order valence-corrected chi connectivity index (χ4v) is 5.12. The van der Waals surface area contributed by atoms with E-state index in [1.165, 1.54) is 24.6 Å². The SMILES string of the molecule is CCCCC1CCC(c2c(C(=O)O)cccc2-c2ccc(SC(F)F)c(F)c2F)CC1. The van der Waals surface area contributed by atoms with Gasteiger partial charge in [-0.3, -0.25) is 0 Å². The summed E-state index contributed by atoms with van der Waals surface area (Å²) in [5.41, 5.74) is 0.820. The van der Waals surface area contributed by atoms with Gasteiger partial charge in [0.15, 0.2) is 11.6 Å². The molecular formula is C24H26F4O2S. The second-order valence-corrected chi connectivity index (χ2v) is 9.08. The minimum Gasteiger partial charge on any atom is -0.478 e. The van der Waals surface area contributed by atoms with Crippen LogP contribution in [0.15, 0.2) is 35.2 Å². The Morgan fingerprint density at radius 1 is 1.06 bits per heavy atom. The average molecular weight is 455 g/mol. The largest absolute Gasteiger partial charge is 0.478 e. The number of alkyl halides is 2. The molecule has 3 rings (SSSR count). The summed E-state index contributed by atoms with van der Waals surface area (Å²) in [7, 11) is 0.